The third-order valence-electron chi connectivity index (χ3n) is 6.51. The van der Waals surface area contributed by atoms with Crippen molar-refractivity contribution in [2.24, 2.45) is 5.41 Å². The monoisotopic (exact) mass is 375 g/mol. The van der Waals surface area contributed by atoms with E-state index >= 15 is 0 Å². The normalized spacial score (nSPS) is 20.6. The smallest absolute Gasteiger partial charge is 0.273 e. The predicted molar refractivity (Wildman–Crippen MR) is 107 cm³/mol. The Kier molecular flexibility index (Phi) is 4.14. The zero-order valence-electron chi connectivity index (χ0n) is 16.2. The average molecular weight is 375 g/mol. The van der Waals surface area contributed by atoms with E-state index in [4.69, 9.17) is 4.98 Å². The van der Waals surface area contributed by atoms with Gasteiger partial charge in [0.25, 0.3) is 5.91 Å². The van der Waals surface area contributed by atoms with Crippen LogP contribution in [0.3, 0.4) is 0 Å². The molecule has 1 aliphatic heterocycles. The molecule has 1 spiro atoms. The van der Waals surface area contributed by atoms with Crippen molar-refractivity contribution in [2.75, 3.05) is 13.1 Å². The van der Waals surface area contributed by atoms with Crippen LogP contribution in [0.25, 0.3) is 10.8 Å². The third kappa shape index (κ3) is 2.70. The summed E-state index contributed by atoms with van der Waals surface area (Å²) in [5.41, 5.74) is 0.682. The summed E-state index contributed by atoms with van der Waals surface area (Å²) in [5, 5.41) is 9.58. The number of nitrogens with one attached hydrogen (secondary N) is 1. The number of aromatic amines is 1. The first-order chi connectivity index (χ1) is 13.7. The molecule has 3 aromatic rings. The zero-order chi connectivity index (χ0) is 19.1. The van der Waals surface area contributed by atoms with Crippen LogP contribution in [-0.2, 0) is 6.42 Å². The van der Waals surface area contributed by atoms with Gasteiger partial charge >= 0.3 is 0 Å². The summed E-state index contributed by atoms with van der Waals surface area (Å²) in [7, 11) is 0. The van der Waals surface area contributed by atoms with Gasteiger partial charge in [-0.05, 0) is 36.1 Å². The minimum atomic E-state index is 0.0230. The highest BCUT2D eigenvalue weighted by molar-refractivity contribution is 6.05. The van der Waals surface area contributed by atoms with Gasteiger partial charge in [0.05, 0.1) is 0 Å². The number of carbonyl (C=O) groups is 1. The van der Waals surface area contributed by atoms with Gasteiger partial charge in [0.2, 0.25) is 0 Å². The van der Waals surface area contributed by atoms with Crippen molar-refractivity contribution in [1.29, 1.82) is 0 Å². The summed E-state index contributed by atoms with van der Waals surface area (Å²) in [6, 6.07) is 9.91. The molecule has 6 heteroatoms. The first kappa shape index (κ1) is 17.3. The molecule has 2 aromatic heterocycles. The number of benzene rings is 1. The van der Waals surface area contributed by atoms with Crippen LogP contribution in [-0.4, -0.2) is 44.1 Å². The third-order valence-corrected chi connectivity index (χ3v) is 6.51. The second kappa shape index (κ2) is 6.69. The first-order valence-electron chi connectivity index (χ1n) is 10.2. The lowest BCUT2D eigenvalue weighted by atomic mass is 9.62. The van der Waals surface area contributed by atoms with Gasteiger partial charge in [0.15, 0.2) is 5.82 Å². The van der Waals surface area contributed by atoms with Crippen LogP contribution in [0.1, 0.15) is 60.7 Å². The molecule has 1 unspecified atom stereocenters. The molecule has 1 amide bonds. The van der Waals surface area contributed by atoms with Gasteiger partial charge in [-0.2, -0.15) is 5.10 Å². The molecule has 5 rings (SSSR count). The summed E-state index contributed by atoms with van der Waals surface area (Å²) >= 11 is 0. The lowest BCUT2D eigenvalue weighted by molar-refractivity contribution is 0.0720. The van der Waals surface area contributed by atoms with E-state index < -0.39 is 0 Å². The van der Waals surface area contributed by atoms with Gasteiger partial charge in [-0.1, -0.05) is 37.6 Å². The highest BCUT2D eigenvalue weighted by Gasteiger charge is 2.53. The number of aromatic nitrogens is 4. The lowest BCUT2D eigenvalue weighted by Crippen LogP contribution is -2.38. The number of rotatable bonds is 4. The Bertz CT molecular complexity index is 1020. The predicted octanol–water partition coefficient (Wildman–Crippen LogP) is 3.72. The molecule has 3 heterocycles. The van der Waals surface area contributed by atoms with Crippen LogP contribution in [0.2, 0.25) is 0 Å². The number of pyridine rings is 1. The number of H-pyrrole nitrogens is 1. The van der Waals surface area contributed by atoms with E-state index in [0.29, 0.717) is 12.2 Å². The molecule has 28 heavy (non-hydrogen) atoms. The SMILES string of the molecule is CCCc1nc(C2CN(C(=O)c3nccc4ccccc34)CC23CCC3)n[nH]1. The quantitative estimate of drug-likeness (QED) is 0.754. The van der Waals surface area contributed by atoms with Crippen LogP contribution in [0.5, 0.6) is 0 Å². The minimum Gasteiger partial charge on any atom is -0.336 e. The van der Waals surface area contributed by atoms with Crippen LogP contribution >= 0.6 is 0 Å². The molecule has 1 N–H and O–H groups in total. The fourth-order valence-electron chi connectivity index (χ4n) is 4.87. The standard InChI is InChI=1S/C22H25N5O/c1-2-6-18-24-20(26-25-18)17-13-27(14-22(17)10-5-11-22)21(28)19-16-8-4-3-7-15(16)9-12-23-19/h3-4,7-9,12,17H,2,5-6,10-11,13-14H2,1H3,(H,24,25,26). The summed E-state index contributed by atoms with van der Waals surface area (Å²) in [6.45, 7) is 3.59. The lowest BCUT2D eigenvalue weighted by Gasteiger charge is -2.41. The second-order valence-electron chi connectivity index (χ2n) is 8.23. The molecule has 1 saturated heterocycles. The Balaban J connectivity index is 1.45. The summed E-state index contributed by atoms with van der Waals surface area (Å²) in [6.07, 6.45) is 7.19. The Morgan fingerprint density at radius 3 is 2.93 bits per heavy atom. The van der Waals surface area contributed by atoms with Gasteiger partial charge in [-0.15, -0.1) is 0 Å². The van der Waals surface area contributed by atoms with Crippen LogP contribution in [0, 0.1) is 5.41 Å². The van der Waals surface area contributed by atoms with Gasteiger partial charge in [0, 0.05) is 37.0 Å². The number of aryl methyl sites for hydroxylation is 1. The van der Waals surface area contributed by atoms with Crippen LogP contribution < -0.4 is 0 Å². The van der Waals surface area contributed by atoms with E-state index in [1.54, 1.807) is 6.20 Å². The van der Waals surface area contributed by atoms with Crippen LogP contribution in [0.4, 0.5) is 0 Å². The molecule has 1 saturated carbocycles. The summed E-state index contributed by atoms with van der Waals surface area (Å²) in [5.74, 6) is 2.06. The number of fused-ring (bicyclic) bond motifs is 1. The van der Waals surface area contributed by atoms with Gasteiger partial charge < -0.3 is 4.90 Å². The van der Waals surface area contributed by atoms with E-state index in [-0.39, 0.29) is 17.2 Å². The summed E-state index contributed by atoms with van der Waals surface area (Å²) in [4.78, 5) is 24.6. The minimum absolute atomic E-state index is 0.0230. The van der Waals surface area contributed by atoms with Crippen molar-refractivity contribution < 1.29 is 4.79 Å². The number of carbonyl (C=O) groups excluding carboxylic acids is 1. The molecule has 1 atom stereocenters. The van der Waals surface area contributed by atoms with Gasteiger partial charge in [-0.25, -0.2) is 4.98 Å². The average Bonchev–Trinajstić information content (AvgIpc) is 3.32. The molecule has 144 valence electrons. The zero-order valence-corrected chi connectivity index (χ0v) is 16.2. The maximum absolute atomic E-state index is 13.4. The molecular formula is C22H25N5O. The number of likely N-dealkylation sites (tertiary alicyclic amines) is 1. The Morgan fingerprint density at radius 2 is 2.14 bits per heavy atom. The molecule has 2 fully saturated rings. The first-order valence-corrected chi connectivity index (χ1v) is 10.2. The molecule has 0 bridgehead atoms. The topological polar surface area (TPSA) is 74.8 Å². The van der Waals surface area contributed by atoms with Gasteiger partial charge in [-0.3, -0.25) is 14.9 Å². The van der Waals surface area contributed by atoms with E-state index in [0.717, 1.165) is 54.6 Å². The van der Waals surface area contributed by atoms with E-state index in [1.807, 2.05) is 35.2 Å². The largest absolute Gasteiger partial charge is 0.336 e. The maximum Gasteiger partial charge on any atom is 0.273 e. The maximum atomic E-state index is 13.4. The van der Waals surface area contributed by atoms with Gasteiger partial charge in [0.1, 0.15) is 11.5 Å². The van der Waals surface area contributed by atoms with Crippen molar-refractivity contribution in [3.05, 3.63) is 53.9 Å². The van der Waals surface area contributed by atoms with E-state index in [2.05, 4.69) is 22.1 Å². The number of hydrogen-bond donors (Lipinski definition) is 1. The van der Waals surface area contributed by atoms with Crippen molar-refractivity contribution >= 4 is 16.7 Å². The van der Waals surface area contributed by atoms with Crippen molar-refractivity contribution in [3.63, 3.8) is 0 Å². The number of hydrogen-bond acceptors (Lipinski definition) is 4. The molecule has 0 radical (unpaired) electrons. The van der Waals surface area contributed by atoms with Crippen molar-refractivity contribution in [1.82, 2.24) is 25.1 Å². The Hall–Kier alpha value is -2.76. The summed E-state index contributed by atoms with van der Waals surface area (Å²) < 4.78 is 0. The molecule has 2 aliphatic rings. The molecular weight excluding hydrogens is 350 g/mol. The fraction of sp³-hybridized carbons (Fsp3) is 0.455. The highest BCUT2D eigenvalue weighted by atomic mass is 16.2. The van der Waals surface area contributed by atoms with Crippen molar-refractivity contribution in [3.8, 4) is 0 Å². The Labute approximate surface area is 164 Å². The second-order valence-corrected chi connectivity index (χ2v) is 8.23. The fourth-order valence-corrected chi connectivity index (χ4v) is 4.87. The number of amides is 1. The van der Waals surface area contributed by atoms with Crippen molar-refractivity contribution in [2.45, 2.75) is 44.9 Å². The highest BCUT2D eigenvalue weighted by Crippen LogP contribution is 2.55. The van der Waals surface area contributed by atoms with E-state index in [9.17, 15) is 4.79 Å². The van der Waals surface area contributed by atoms with Crippen LogP contribution in [0.15, 0.2) is 36.5 Å². The number of nitrogens with zero attached hydrogens (tertiary/aromatic N) is 4. The Morgan fingerprint density at radius 1 is 1.29 bits per heavy atom. The molecule has 1 aliphatic carbocycles. The molecule has 6 nitrogen and oxygen atoms in total. The molecule has 1 aromatic carbocycles. The van der Waals surface area contributed by atoms with E-state index in [1.165, 1.54) is 6.42 Å².